The molecule has 0 radical (unpaired) electrons. The van der Waals surface area contributed by atoms with Crippen molar-refractivity contribution in [3.05, 3.63) is 82.7 Å². The van der Waals surface area contributed by atoms with Gasteiger partial charge in [0.25, 0.3) is 5.56 Å². The van der Waals surface area contributed by atoms with E-state index in [1.54, 1.807) is 35.3 Å². The first-order valence-electron chi connectivity index (χ1n) is 11.9. The maximum atomic E-state index is 12.5. The van der Waals surface area contributed by atoms with E-state index in [2.05, 4.69) is 27.1 Å². The molecule has 0 spiro atoms. The van der Waals surface area contributed by atoms with Gasteiger partial charge in [-0.25, -0.2) is 9.97 Å². The number of aryl methyl sites for hydroxylation is 1. The number of nitrogens with zero attached hydrogens (tertiary/aromatic N) is 5. The second-order valence-electron chi connectivity index (χ2n) is 9.22. The standard InChI is InChI=1S/C27H29N5O3/c1-19-12-25(35-30-19)23-6-7-26(33)32(17-23)16-21-4-3-5-22(13-21)27-28-14-24(15-29-27)34-18-20-8-10-31(2)11-9-20/h3-7,12-15,17,20H,8-11,16,18H2,1-2H3. The maximum Gasteiger partial charge on any atom is 0.250 e. The lowest BCUT2D eigenvalue weighted by atomic mass is 9.98. The van der Waals surface area contributed by atoms with E-state index in [0.717, 1.165) is 48.3 Å². The summed E-state index contributed by atoms with van der Waals surface area (Å²) in [4.78, 5) is 23.9. The highest BCUT2D eigenvalue weighted by Crippen LogP contribution is 2.22. The van der Waals surface area contributed by atoms with Crippen molar-refractivity contribution in [3.8, 4) is 28.5 Å². The average Bonchev–Trinajstić information content (AvgIpc) is 3.32. The van der Waals surface area contributed by atoms with Crippen molar-refractivity contribution in [2.75, 3.05) is 26.7 Å². The molecule has 3 aromatic heterocycles. The van der Waals surface area contributed by atoms with E-state index in [9.17, 15) is 4.79 Å². The van der Waals surface area contributed by atoms with Crippen LogP contribution in [0.25, 0.3) is 22.7 Å². The Morgan fingerprint density at radius 3 is 2.60 bits per heavy atom. The molecule has 0 unspecified atom stereocenters. The molecule has 35 heavy (non-hydrogen) atoms. The molecule has 1 fully saturated rings. The van der Waals surface area contributed by atoms with Gasteiger partial charge in [0.1, 0.15) is 0 Å². The topological polar surface area (TPSA) is 86.3 Å². The summed E-state index contributed by atoms with van der Waals surface area (Å²) in [6, 6.07) is 13.1. The number of piperidine rings is 1. The van der Waals surface area contributed by atoms with E-state index >= 15 is 0 Å². The molecular formula is C27H29N5O3. The number of benzene rings is 1. The molecule has 1 aliphatic rings. The first kappa shape index (κ1) is 23.0. The number of aromatic nitrogens is 4. The fourth-order valence-corrected chi connectivity index (χ4v) is 4.29. The largest absolute Gasteiger partial charge is 0.490 e. The molecule has 1 saturated heterocycles. The minimum atomic E-state index is -0.0854. The number of ether oxygens (including phenoxy) is 1. The van der Waals surface area contributed by atoms with Crippen molar-refractivity contribution in [2.45, 2.75) is 26.3 Å². The molecule has 0 N–H and O–H groups in total. The van der Waals surface area contributed by atoms with Gasteiger partial charge in [0, 0.05) is 29.5 Å². The smallest absolute Gasteiger partial charge is 0.250 e. The monoisotopic (exact) mass is 471 g/mol. The molecular weight excluding hydrogens is 442 g/mol. The molecule has 0 amide bonds. The van der Waals surface area contributed by atoms with Crippen LogP contribution in [-0.4, -0.2) is 51.3 Å². The van der Waals surface area contributed by atoms with Gasteiger partial charge in [-0.1, -0.05) is 23.4 Å². The van der Waals surface area contributed by atoms with Crippen LogP contribution in [0.5, 0.6) is 5.75 Å². The molecule has 8 heteroatoms. The summed E-state index contributed by atoms with van der Waals surface area (Å²) in [5, 5.41) is 3.93. The van der Waals surface area contributed by atoms with Crippen LogP contribution in [-0.2, 0) is 6.54 Å². The summed E-state index contributed by atoms with van der Waals surface area (Å²) in [5.41, 5.74) is 3.38. The Hall–Kier alpha value is -3.78. The van der Waals surface area contributed by atoms with Crippen LogP contribution in [0.2, 0.25) is 0 Å². The first-order valence-corrected chi connectivity index (χ1v) is 11.9. The van der Waals surface area contributed by atoms with Crippen LogP contribution < -0.4 is 10.3 Å². The highest BCUT2D eigenvalue weighted by atomic mass is 16.5. The highest BCUT2D eigenvalue weighted by molar-refractivity contribution is 5.57. The summed E-state index contributed by atoms with van der Waals surface area (Å²) in [7, 11) is 2.16. The van der Waals surface area contributed by atoms with Gasteiger partial charge in [0.15, 0.2) is 17.3 Å². The van der Waals surface area contributed by atoms with Crippen molar-refractivity contribution in [1.82, 2.24) is 24.6 Å². The Morgan fingerprint density at radius 2 is 1.86 bits per heavy atom. The normalized spacial score (nSPS) is 14.8. The third-order valence-corrected chi connectivity index (χ3v) is 6.39. The molecule has 1 aromatic carbocycles. The molecule has 0 aliphatic carbocycles. The second kappa shape index (κ2) is 10.2. The minimum Gasteiger partial charge on any atom is -0.490 e. The summed E-state index contributed by atoms with van der Waals surface area (Å²) in [6.07, 6.45) is 7.58. The zero-order valence-electron chi connectivity index (χ0n) is 20.1. The van der Waals surface area contributed by atoms with Crippen LogP contribution >= 0.6 is 0 Å². The molecule has 4 aromatic rings. The zero-order chi connectivity index (χ0) is 24.2. The van der Waals surface area contributed by atoms with Crippen LogP contribution in [0.3, 0.4) is 0 Å². The molecule has 0 bridgehead atoms. The molecule has 0 atom stereocenters. The Balaban J connectivity index is 1.27. The molecule has 8 nitrogen and oxygen atoms in total. The number of pyridine rings is 1. The van der Waals surface area contributed by atoms with Crippen molar-refractivity contribution in [3.63, 3.8) is 0 Å². The van der Waals surface area contributed by atoms with Crippen LogP contribution in [0.15, 0.2) is 70.4 Å². The van der Waals surface area contributed by atoms with Crippen molar-refractivity contribution in [2.24, 2.45) is 5.92 Å². The van der Waals surface area contributed by atoms with Gasteiger partial charge in [-0.3, -0.25) is 4.79 Å². The Kier molecular flexibility index (Phi) is 6.72. The Morgan fingerprint density at radius 1 is 1.06 bits per heavy atom. The molecule has 180 valence electrons. The SMILES string of the molecule is Cc1cc(-c2ccc(=O)n(Cc3cccc(-c4ncc(OCC5CCN(C)CC5)cn4)c3)c2)on1. The zero-order valence-corrected chi connectivity index (χ0v) is 20.1. The minimum absolute atomic E-state index is 0.0854. The van der Waals surface area contributed by atoms with E-state index in [1.807, 2.05) is 37.3 Å². The number of hydrogen-bond acceptors (Lipinski definition) is 7. The van der Waals surface area contributed by atoms with Gasteiger partial charge < -0.3 is 18.7 Å². The number of likely N-dealkylation sites (tertiary alicyclic amines) is 1. The van der Waals surface area contributed by atoms with Gasteiger partial charge in [0.05, 0.1) is 31.2 Å². The third kappa shape index (κ3) is 5.66. The predicted molar refractivity (Wildman–Crippen MR) is 133 cm³/mol. The van der Waals surface area contributed by atoms with Crippen molar-refractivity contribution in [1.29, 1.82) is 0 Å². The molecule has 4 heterocycles. The number of rotatable bonds is 7. The lowest BCUT2D eigenvalue weighted by Gasteiger charge is -2.28. The van der Waals surface area contributed by atoms with Crippen molar-refractivity contribution < 1.29 is 9.26 Å². The van der Waals surface area contributed by atoms with Crippen LogP contribution in [0.1, 0.15) is 24.1 Å². The fourth-order valence-electron chi connectivity index (χ4n) is 4.29. The highest BCUT2D eigenvalue weighted by Gasteiger charge is 2.17. The quantitative estimate of drug-likeness (QED) is 0.402. The van der Waals surface area contributed by atoms with Gasteiger partial charge in [-0.2, -0.15) is 0 Å². The Labute approximate surface area is 204 Å². The second-order valence-corrected chi connectivity index (χ2v) is 9.22. The van der Waals surface area contributed by atoms with Crippen molar-refractivity contribution >= 4 is 0 Å². The van der Waals surface area contributed by atoms with Gasteiger partial charge in [-0.15, -0.1) is 0 Å². The summed E-state index contributed by atoms with van der Waals surface area (Å²) >= 11 is 0. The Bertz CT molecular complexity index is 1340. The fraction of sp³-hybridized carbons (Fsp3) is 0.333. The summed E-state index contributed by atoms with van der Waals surface area (Å²) in [5.74, 6) is 2.53. The van der Waals surface area contributed by atoms with E-state index in [0.29, 0.717) is 36.4 Å². The van der Waals surface area contributed by atoms with Gasteiger partial charge >= 0.3 is 0 Å². The average molecular weight is 472 g/mol. The van der Waals surface area contributed by atoms with E-state index in [4.69, 9.17) is 9.26 Å². The summed E-state index contributed by atoms with van der Waals surface area (Å²) < 4.78 is 12.9. The summed E-state index contributed by atoms with van der Waals surface area (Å²) in [6.45, 7) is 5.23. The number of hydrogen-bond donors (Lipinski definition) is 0. The third-order valence-electron chi connectivity index (χ3n) is 6.39. The van der Waals surface area contributed by atoms with Gasteiger partial charge in [-0.05, 0) is 63.5 Å². The van der Waals surface area contributed by atoms with E-state index in [1.165, 1.54) is 0 Å². The predicted octanol–water partition coefficient (Wildman–Crippen LogP) is 4.04. The van der Waals surface area contributed by atoms with E-state index in [-0.39, 0.29) is 5.56 Å². The van der Waals surface area contributed by atoms with E-state index < -0.39 is 0 Å². The lowest BCUT2D eigenvalue weighted by Crippen LogP contribution is -2.32. The van der Waals surface area contributed by atoms with Crippen LogP contribution in [0.4, 0.5) is 0 Å². The van der Waals surface area contributed by atoms with Crippen LogP contribution in [0, 0.1) is 12.8 Å². The lowest BCUT2D eigenvalue weighted by molar-refractivity contribution is 0.159. The molecule has 1 aliphatic heterocycles. The molecule has 5 rings (SSSR count). The maximum absolute atomic E-state index is 12.5. The van der Waals surface area contributed by atoms with Gasteiger partial charge in [0.2, 0.25) is 0 Å². The first-order chi connectivity index (χ1) is 17.0. The molecule has 0 saturated carbocycles.